The molecule has 4 aromatic heterocycles. The Bertz CT molecular complexity index is 2690. The first kappa shape index (κ1) is 43.4. The number of H-pyrrole nitrogens is 1. The van der Waals surface area contributed by atoms with Crippen molar-refractivity contribution in [2.24, 2.45) is 5.92 Å². The number of hydrogen-bond acceptors (Lipinski definition) is 17. The number of hydrogen-bond donors (Lipinski definition) is 4. The van der Waals surface area contributed by atoms with E-state index >= 15 is 4.39 Å². The number of anilines is 2. The van der Waals surface area contributed by atoms with Crippen LogP contribution >= 0.6 is 7.82 Å². The molecule has 5 aromatic rings. The smallest absolute Gasteiger partial charge is 0.450 e. The van der Waals surface area contributed by atoms with Crippen molar-refractivity contribution >= 4 is 59.9 Å². The van der Waals surface area contributed by atoms with Gasteiger partial charge < -0.3 is 34.2 Å². The fourth-order valence-electron chi connectivity index (χ4n) is 7.33. The Labute approximate surface area is 354 Å². The molecule has 9 atom stereocenters. The van der Waals surface area contributed by atoms with Gasteiger partial charge in [0.15, 0.2) is 52.9 Å². The first-order valence-corrected chi connectivity index (χ1v) is 20.9. The topological polar surface area (TPSA) is 289 Å². The van der Waals surface area contributed by atoms with E-state index in [4.69, 9.17) is 39.1 Å². The van der Waals surface area contributed by atoms with Gasteiger partial charge in [-0.05, 0) is 18.6 Å². The number of phosphoric ester groups is 1. The number of ether oxygens (including phenoxy) is 4. The monoisotopic (exact) mass is 895 g/mol. The number of halogens is 1. The van der Waals surface area contributed by atoms with Crippen molar-refractivity contribution in [1.82, 2.24) is 39.0 Å². The van der Waals surface area contributed by atoms with Crippen molar-refractivity contribution in [2.45, 2.75) is 75.8 Å². The van der Waals surface area contributed by atoms with Crippen molar-refractivity contribution in [2.75, 3.05) is 37.0 Å². The lowest BCUT2D eigenvalue weighted by atomic mass is 9.96. The van der Waals surface area contributed by atoms with Crippen LogP contribution in [0.5, 0.6) is 0 Å². The summed E-state index contributed by atoms with van der Waals surface area (Å²) in [4.78, 5) is 76.8. The number of fused-ring (bicyclic) bond motifs is 4. The highest BCUT2D eigenvalue weighted by molar-refractivity contribution is 7.48. The zero-order chi connectivity index (χ0) is 44.6. The molecule has 3 aliphatic heterocycles. The second kappa shape index (κ2) is 17.5. The van der Waals surface area contributed by atoms with E-state index in [9.17, 15) is 28.8 Å². The quantitative estimate of drug-likeness (QED) is 0.0476. The van der Waals surface area contributed by atoms with Crippen molar-refractivity contribution < 1.29 is 61.0 Å². The molecule has 0 spiro atoms. The van der Waals surface area contributed by atoms with Crippen molar-refractivity contribution in [3.05, 3.63) is 76.6 Å². The highest BCUT2D eigenvalue weighted by Crippen LogP contribution is 2.58. The van der Waals surface area contributed by atoms with Gasteiger partial charge in [-0.1, -0.05) is 39.0 Å². The summed E-state index contributed by atoms with van der Waals surface area (Å²) in [6.45, 7) is 10.7. The van der Waals surface area contributed by atoms with Gasteiger partial charge >= 0.3 is 14.0 Å². The molecule has 8 rings (SSSR count). The zero-order valence-electron chi connectivity index (χ0n) is 33.5. The Morgan fingerprint density at radius 3 is 2.54 bits per heavy atom. The Balaban J connectivity index is 1.03. The number of carbonyl (C=O) groups excluding carboxylic acids is 2. The maximum Gasteiger partial charge on any atom is 0.506 e. The third-order valence-corrected chi connectivity index (χ3v) is 12.0. The number of imidazole rings is 2. The molecule has 63 heavy (non-hydrogen) atoms. The number of aromatic amines is 1. The van der Waals surface area contributed by atoms with Crippen molar-refractivity contribution in [3.63, 3.8) is 0 Å². The van der Waals surface area contributed by atoms with E-state index in [1.54, 1.807) is 55.7 Å². The van der Waals surface area contributed by atoms with Crippen LogP contribution in [0.15, 0.2) is 54.1 Å². The largest absolute Gasteiger partial charge is 0.506 e. The molecule has 0 aliphatic carbocycles. The summed E-state index contributed by atoms with van der Waals surface area (Å²) >= 11 is 0. The number of nitrogens with one attached hydrogen (secondary N) is 3. The number of nitrogens with zero attached hydrogens (tertiary/aromatic N) is 8. The van der Waals surface area contributed by atoms with E-state index in [1.807, 2.05) is 0 Å². The first-order valence-electron chi connectivity index (χ1n) is 19.5. The summed E-state index contributed by atoms with van der Waals surface area (Å²) in [6, 6.07) is 8.50. The average Bonchev–Trinajstić information content (AvgIpc) is 4.09. The Kier molecular flexibility index (Phi) is 12.0. The molecule has 0 saturated carbocycles. The van der Waals surface area contributed by atoms with Crippen LogP contribution < -0.4 is 16.2 Å². The van der Waals surface area contributed by atoms with Gasteiger partial charge in [-0.2, -0.15) is 4.98 Å². The van der Waals surface area contributed by atoms with Crippen LogP contribution in [0.4, 0.5) is 21.0 Å². The molecule has 1 unspecified atom stereocenters. The molecule has 332 valence electrons. The molecule has 2 bridgehead atoms. The van der Waals surface area contributed by atoms with Gasteiger partial charge in [0.1, 0.15) is 36.8 Å². The summed E-state index contributed by atoms with van der Waals surface area (Å²) in [5.74, 6) is -1.52. The Hall–Kier alpha value is -6.26. The summed E-state index contributed by atoms with van der Waals surface area (Å²) < 4.78 is 74.3. The molecule has 26 heteroatoms. The number of rotatable bonds is 16. The second-order valence-corrected chi connectivity index (χ2v) is 16.4. The van der Waals surface area contributed by atoms with Crippen LogP contribution in [-0.4, -0.2) is 125 Å². The predicted molar refractivity (Wildman–Crippen MR) is 212 cm³/mol. The maximum atomic E-state index is 16.3. The number of carboxylic acid groups (broad SMARTS) is 1. The average molecular weight is 896 g/mol. The van der Waals surface area contributed by atoms with Gasteiger partial charge in [0.05, 0.1) is 25.9 Å². The van der Waals surface area contributed by atoms with E-state index in [0.717, 1.165) is 10.9 Å². The van der Waals surface area contributed by atoms with Gasteiger partial charge in [-0.3, -0.25) is 47.4 Å². The van der Waals surface area contributed by atoms with Gasteiger partial charge in [0, 0.05) is 11.5 Å². The molecule has 3 saturated heterocycles. The summed E-state index contributed by atoms with van der Waals surface area (Å²) in [6.07, 6.45) is -8.54. The summed E-state index contributed by atoms with van der Waals surface area (Å²) in [7, 11) is -4.80. The predicted octanol–water partition coefficient (Wildman–Crippen LogP) is 3.63. The van der Waals surface area contributed by atoms with E-state index in [-0.39, 0.29) is 53.7 Å². The van der Waals surface area contributed by atoms with Gasteiger partial charge in [0.25, 0.3) is 11.5 Å². The van der Waals surface area contributed by atoms with Crippen LogP contribution in [-0.2, 0) is 41.9 Å². The molecule has 24 nitrogen and oxygen atoms in total. The van der Waals surface area contributed by atoms with Gasteiger partial charge in [-0.15, -0.1) is 0 Å². The van der Waals surface area contributed by atoms with E-state index < -0.39 is 99.1 Å². The van der Waals surface area contributed by atoms with E-state index in [0.29, 0.717) is 5.56 Å². The summed E-state index contributed by atoms with van der Waals surface area (Å²) in [5.41, 5.74) is -1.60. The normalized spacial score (nSPS) is 26.2. The van der Waals surface area contributed by atoms with E-state index in [1.165, 1.54) is 12.7 Å². The summed E-state index contributed by atoms with van der Waals surface area (Å²) in [5, 5.41) is 14.7. The van der Waals surface area contributed by atoms with Crippen LogP contribution in [0, 0.1) is 12.5 Å². The molecular weight excluding hydrogens is 856 g/mol. The fourth-order valence-corrected chi connectivity index (χ4v) is 8.75. The lowest BCUT2D eigenvalue weighted by molar-refractivity contribution is -0.173. The van der Waals surface area contributed by atoms with Gasteiger partial charge in [-0.25, -0.2) is 40.3 Å². The number of benzene rings is 1. The minimum absolute atomic E-state index is 0.00976. The Morgan fingerprint density at radius 1 is 1.08 bits per heavy atom. The molecule has 1 aromatic carbocycles. The molecule has 3 fully saturated rings. The number of alkyl halides is 1. The Morgan fingerprint density at radius 2 is 1.83 bits per heavy atom. The van der Waals surface area contributed by atoms with Crippen molar-refractivity contribution in [1.29, 1.82) is 0 Å². The molecule has 0 radical (unpaired) electrons. The number of carbonyl (C=O) groups is 3. The second-order valence-electron chi connectivity index (χ2n) is 14.8. The standard InChI is InChI=1S/C37H39FN11O13P/c1-5-37-14-56-25(34(61-37)48-16-42-22-27(40-15-41-28(22)48)44-31(51)19-9-7-6-8-10-19)26(37)62-63(55,57-12-11-39-4)58-13-20-21(38)24(60-36(53)54)33(59-20)49-17-43-23-29(49)45-35(47-32(23)52)46-30(50)18(2)3/h6-10,15-18,20-21,24-26,33-34H,5,11-14H2,1-3H3,(H,53,54)(H,40,41,44,51)(H2,45,46,47,50,52)/t20-,21-,24-,25-,26+,33-,34-,37+,63?/m1/s1. The third kappa shape index (κ3) is 8.36. The van der Waals surface area contributed by atoms with Crippen LogP contribution in [0.25, 0.3) is 27.2 Å². The molecule has 2 amide bonds. The molecule has 3 aliphatic rings. The zero-order valence-corrected chi connectivity index (χ0v) is 34.4. The molecular formula is C37H39FN11O13P. The van der Waals surface area contributed by atoms with Crippen LogP contribution in [0.1, 0.15) is 50.0 Å². The van der Waals surface area contributed by atoms with E-state index in [2.05, 4.69) is 45.4 Å². The maximum absolute atomic E-state index is 16.3. The fraction of sp³-hybridized carbons (Fsp3) is 0.459. The first-order chi connectivity index (χ1) is 30.2. The number of aromatic nitrogens is 8. The molecule has 7 heterocycles. The highest BCUT2D eigenvalue weighted by atomic mass is 31.2. The number of amides is 2. The number of phosphoric acid groups is 1. The lowest BCUT2D eigenvalue weighted by Gasteiger charge is -2.31. The highest BCUT2D eigenvalue weighted by Gasteiger charge is 2.64. The molecule has 4 N–H and O–H groups in total. The third-order valence-electron chi connectivity index (χ3n) is 10.5. The SMILES string of the molecule is [C-]#[N+]CCOP(=O)(OC[C@H]1O[C@@H](n2cnc3c(=O)[nH]c(NC(=O)C(C)C)nc32)[C@H](OC(=O)O)[C@@H]1F)O[C@H]1[C@H]2OC[C@]1(CC)O[C@H]2n1cnc2c(NC(=O)c3ccccc3)ncnc21. The van der Waals surface area contributed by atoms with Crippen molar-refractivity contribution in [3.8, 4) is 0 Å². The van der Waals surface area contributed by atoms with Crippen LogP contribution in [0.2, 0.25) is 0 Å². The van der Waals surface area contributed by atoms with Crippen LogP contribution in [0.3, 0.4) is 0 Å². The lowest BCUT2D eigenvalue weighted by Crippen LogP contribution is -2.41. The van der Waals surface area contributed by atoms with Gasteiger partial charge in [0.2, 0.25) is 18.4 Å². The minimum atomic E-state index is -4.80. The minimum Gasteiger partial charge on any atom is -0.450 e.